The van der Waals surface area contributed by atoms with Gasteiger partial charge in [-0.3, -0.25) is 0 Å². The average molecular weight is 423 g/mol. The number of benzene rings is 2. The molecule has 0 amide bonds. The number of carbonyl (C=O) groups is 1. The first-order chi connectivity index (χ1) is 15.6. The SMILES string of the molecule is C#C/C=C(\C=C/C=C)Cn1ccc2cc(Nc3ccc(C4CC4)cc3C(=O)OC)ccc21. The molecule has 4 nitrogen and oxygen atoms in total. The molecule has 1 saturated carbocycles. The van der Waals surface area contributed by atoms with E-state index in [-0.39, 0.29) is 5.97 Å². The number of nitrogens with zero attached hydrogens (tertiary/aromatic N) is 1. The average Bonchev–Trinajstić information content (AvgIpc) is 3.59. The quantitative estimate of drug-likeness (QED) is 0.261. The van der Waals surface area contributed by atoms with E-state index in [4.69, 9.17) is 11.2 Å². The molecule has 0 radical (unpaired) electrons. The summed E-state index contributed by atoms with van der Waals surface area (Å²) in [4.78, 5) is 12.4. The van der Waals surface area contributed by atoms with Gasteiger partial charge in [0.2, 0.25) is 0 Å². The maximum atomic E-state index is 12.4. The highest BCUT2D eigenvalue weighted by atomic mass is 16.5. The molecule has 4 rings (SSSR count). The van der Waals surface area contributed by atoms with Gasteiger partial charge < -0.3 is 14.6 Å². The number of carbonyl (C=O) groups excluding carboxylic acids is 1. The van der Waals surface area contributed by atoms with Gasteiger partial charge >= 0.3 is 5.97 Å². The molecular weight excluding hydrogens is 396 g/mol. The van der Waals surface area contributed by atoms with E-state index < -0.39 is 0 Å². The van der Waals surface area contributed by atoms with Crippen molar-refractivity contribution >= 4 is 28.2 Å². The Morgan fingerprint density at radius 3 is 2.84 bits per heavy atom. The van der Waals surface area contributed by atoms with Gasteiger partial charge in [-0.1, -0.05) is 36.8 Å². The van der Waals surface area contributed by atoms with Crippen molar-refractivity contribution in [2.45, 2.75) is 25.3 Å². The zero-order chi connectivity index (χ0) is 22.5. The van der Waals surface area contributed by atoms with Crippen LogP contribution in [0.1, 0.15) is 34.7 Å². The summed E-state index contributed by atoms with van der Waals surface area (Å²) >= 11 is 0. The molecule has 4 heteroatoms. The molecule has 1 aliphatic carbocycles. The third kappa shape index (κ3) is 4.68. The Labute approximate surface area is 188 Å². The van der Waals surface area contributed by atoms with E-state index >= 15 is 0 Å². The molecule has 0 spiro atoms. The van der Waals surface area contributed by atoms with Gasteiger partial charge in [0.1, 0.15) is 0 Å². The summed E-state index contributed by atoms with van der Waals surface area (Å²) in [5.74, 6) is 2.84. The number of allylic oxidation sites excluding steroid dienone is 5. The van der Waals surface area contributed by atoms with Gasteiger partial charge in [-0.05, 0) is 72.4 Å². The van der Waals surface area contributed by atoms with Gasteiger partial charge in [-0.15, -0.1) is 6.42 Å². The standard InChI is InChI=1S/C28H26N2O2/c1-4-6-8-20(7-5-2)19-30-16-15-23-17-24(12-14-27(23)30)29-26-13-11-22(21-9-10-21)18-25(26)28(31)32-3/h2,4,6-8,11-18,21,29H,1,9-10,19H2,3H3/b8-6-,20-7+. The fraction of sp³-hybridized carbons (Fsp3) is 0.179. The number of anilines is 2. The Bertz CT molecular complexity index is 1270. The van der Waals surface area contributed by atoms with Crippen molar-refractivity contribution in [3.05, 3.63) is 96.2 Å². The number of hydrogen-bond acceptors (Lipinski definition) is 3. The lowest BCUT2D eigenvalue weighted by Crippen LogP contribution is -2.06. The van der Waals surface area contributed by atoms with E-state index in [1.165, 1.54) is 25.5 Å². The Hall–Kier alpha value is -3.97. The van der Waals surface area contributed by atoms with Gasteiger partial charge in [-0.2, -0.15) is 0 Å². The van der Waals surface area contributed by atoms with Gasteiger partial charge in [0.25, 0.3) is 0 Å². The molecule has 160 valence electrons. The van der Waals surface area contributed by atoms with Crippen molar-refractivity contribution in [2.24, 2.45) is 0 Å². The summed E-state index contributed by atoms with van der Waals surface area (Å²) in [5, 5.41) is 4.49. The molecule has 1 fully saturated rings. The van der Waals surface area contributed by atoms with Crippen LogP contribution < -0.4 is 5.32 Å². The summed E-state index contributed by atoms with van der Waals surface area (Å²) in [6.07, 6.45) is 17.2. The predicted molar refractivity (Wildman–Crippen MR) is 131 cm³/mol. The van der Waals surface area contributed by atoms with Crippen LogP contribution in [-0.2, 0) is 11.3 Å². The van der Waals surface area contributed by atoms with Crippen LogP contribution in [0.5, 0.6) is 0 Å². The van der Waals surface area contributed by atoms with Crippen molar-refractivity contribution in [3.8, 4) is 12.3 Å². The number of hydrogen-bond donors (Lipinski definition) is 1. The van der Waals surface area contributed by atoms with Gasteiger partial charge in [0, 0.05) is 29.3 Å². The highest BCUT2D eigenvalue weighted by Crippen LogP contribution is 2.41. The van der Waals surface area contributed by atoms with E-state index in [0.29, 0.717) is 18.0 Å². The van der Waals surface area contributed by atoms with Crippen molar-refractivity contribution in [3.63, 3.8) is 0 Å². The van der Waals surface area contributed by atoms with Crippen LogP contribution in [-0.4, -0.2) is 17.6 Å². The molecule has 32 heavy (non-hydrogen) atoms. The Balaban J connectivity index is 1.60. The highest BCUT2D eigenvalue weighted by Gasteiger charge is 2.25. The Morgan fingerprint density at radius 1 is 1.28 bits per heavy atom. The lowest BCUT2D eigenvalue weighted by atomic mass is 10.0. The Morgan fingerprint density at radius 2 is 2.12 bits per heavy atom. The monoisotopic (exact) mass is 422 g/mol. The van der Waals surface area contributed by atoms with Crippen LogP contribution in [0.2, 0.25) is 0 Å². The number of nitrogens with one attached hydrogen (secondary N) is 1. The predicted octanol–water partition coefficient (Wildman–Crippen LogP) is 6.35. The normalized spacial score (nSPS) is 13.8. The van der Waals surface area contributed by atoms with Gasteiger partial charge in [-0.25, -0.2) is 4.79 Å². The lowest BCUT2D eigenvalue weighted by molar-refractivity contribution is 0.0602. The third-order valence-electron chi connectivity index (χ3n) is 5.62. The molecule has 0 atom stereocenters. The molecule has 1 N–H and O–H groups in total. The van der Waals surface area contributed by atoms with Crippen LogP contribution in [0.3, 0.4) is 0 Å². The second-order valence-electron chi connectivity index (χ2n) is 7.89. The summed E-state index contributed by atoms with van der Waals surface area (Å²) in [5.41, 5.74) is 5.53. The fourth-order valence-electron chi connectivity index (χ4n) is 3.83. The zero-order valence-corrected chi connectivity index (χ0v) is 18.2. The van der Waals surface area contributed by atoms with E-state index in [2.05, 4.69) is 46.6 Å². The second-order valence-corrected chi connectivity index (χ2v) is 7.89. The van der Waals surface area contributed by atoms with Gasteiger partial charge in [0.15, 0.2) is 0 Å². The first-order valence-electron chi connectivity index (χ1n) is 10.7. The maximum Gasteiger partial charge on any atom is 0.339 e. The number of methoxy groups -OCH3 is 1. The minimum atomic E-state index is -0.331. The molecule has 2 aromatic carbocycles. The lowest BCUT2D eigenvalue weighted by Gasteiger charge is -2.13. The zero-order valence-electron chi connectivity index (χ0n) is 18.2. The van der Waals surface area contributed by atoms with Crippen molar-refractivity contribution in [2.75, 3.05) is 12.4 Å². The number of rotatable bonds is 8. The minimum absolute atomic E-state index is 0.331. The summed E-state index contributed by atoms with van der Waals surface area (Å²) in [6, 6.07) is 14.2. The molecule has 0 aliphatic heterocycles. The number of ether oxygens (including phenoxy) is 1. The van der Waals surface area contributed by atoms with E-state index in [0.717, 1.165) is 27.9 Å². The van der Waals surface area contributed by atoms with Crippen LogP contribution in [0.25, 0.3) is 10.9 Å². The van der Waals surface area contributed by atoms with E-state index in [9.17, 15) is 4.79 Å². The van der Waals surface area contributed by atoms with Crippen LogP contribution in [0, 0.1) is 12.3 Å². The van der Waals surface area contributed by atoms with E-state index in [1.54, 1.807) is 12.2 Å². The molecule has 0 bridgehead atoms. The number of fused-ring (bicyclic) bond motifs is 1. The molecule has 0 saturated heterocycles. The third-order valence-corrected chi connectivity index (χ3v) is 5.62. The molecule has 3 aromatic rings. The van der Waals surface area contributed by atoms with Gasteiger partial charge in [0.05, 0.1) is 18.4 Å². The summed E-state index contributed by atoms with van der Waals surface area (Å²) < 4.78 is 7.17. The van der Waals surface area contributed by atoms with Crippen molar-refractivity contribution in [1.82, 2.24) is 4.57 Å². The second kappa shape index (κ2) is 9.45. The first kappa shape index (κ1) is 21.3. The largest absolute Gasteiger partial charge is 0.465 e. The topological polar surface area (TPSA) is 43.3 Å². The highest BCUT2D eigenvalue weighted by molar-refractivity contribution is 5.97. The Kier molecular flexibility index (Phi) is 6.28. The smallest absolute Gasteiger partial charge is 0.339 e. The summed E-state index contributed by atoms with van der Waals surface area (Å²) in [6.45, 7) is 4.38. The first-order valence-corrected chi connectivity index (χ1v) is 10.7. The number of terminal acetylenes is 1. The number of esters is 1. The van der Waals surface area contributed by atoms with Crippen LogP contribution >= 0.6 is 0 Å². The molecule has 0 unspecified atom stereocenters. The van der Waals surface area contributed by atoms with Crippen LogP contribution in [0.15, 0.2) is 85.1 Å². The fourth-order valence-corrected chi connectivity index (χ4v) is 3.83. The number of aromatic nitrogens is 1. The van der Waals surface area contributed by atoms with Crippen molar-refractivity contribution < 1.29 is 9.53 Å². The molecule has 1 aromatic heterocycles. The summed E-state index contributed by atoms with van der Waals surface area (Å²) in [7, 11) is 1.41. The minimum Gasteiger partial charge on any atom is -0.465 e. The molecule has 1 aliphatic rings. The van der Waals surface area contributed by atoms with Crippen molar-refractivity contribution in [1.29, 1.82) is 0 Å². The maximum absolute atomic E-state index is 12.4. The molecule has 1 heterocycles. The molecular formula is C28H26N2O2. The van der Waals surface area contributed by atoms with Crippen LogP contribution in [0.4, 0.5) is 11.4 Å². The van der Waals surface area contributed by atoms with E-state index in [1.807, 2.05) is 36.5 Å².